The van der Waals surface area contributed by atoms with Gasteiger partial charge in [0, 0.05) is 0 Å². The van der Waals surface area contributed by atoms with Crippen molar-refractivity contribution in [3.8, 4) is 0 Å². The molecule has 0 saturated heterocycles. The van der Waals surface area contributed by atoms with Gasteiger partial charge in [0.1, 0.15) is 0 Å². The zero-order chi connectivity index (χ0) is 7.94. The highest BCUT2D eigenvalue weighted by molar-refractivity contribution is 14.1. The summed E-state index contributed by atoms with van der Waals surface area (Å²) in [6.07, 6.45) is 2.33. The van der Waals surface area contributed by atoms with E-state index in [1.54, 1.807) is 0 Å². The van der Waals surface area contributed by atoms with Crippen LogP contribution in [0.2, 0.25) is 0 Å². The Morgan fingerprint density at radius 1 is 1.30 bits per heavy atom. The van der Waals surface area contributed by atoms with Gasteiger partial charge in [-0.3, -0.25) is 0 Å². The molecule has 0 amide bonds. The quantitative estimate of drug-likeness (QED) is 0.454. The fourth-order valence-corrected chi connectivity index (χ4v) is 2.16. The van der Waals surface area contributed by atoms with E-state index in [0.29, 0.717) is 0 Å². The van der Waals surface area contributed by atoms with Crippen LogP contribution in [0.25, 0.3) is 0 Å². The summed E-state index contributed by atoms with van der Waals surface area (Å²) in [5.41, 5.74) is 4.41. The maximum absolute atomic E-state index is 2.49. The molecule has 0 fully saturated rings. The fourth-order valence-electron chi connectivity index (χ4n) is 1.29. The first-order chi connectivity index (χ1) is 4.45. The van der Waals surface area contributed by atoms with Crippen LogP contribution in [-0.4, -0.2) is 3.42 Å². The van der Waals surface area contributed by atoms with E-state index in [1.165, 1.54) is 16.7 Å². The van der Waals surface area contributed by atoms with Gasteiger partial charge in [-0.15, -0.1) is 0 Å². The lowest BCUT2D eigenvalue weighted by Crippen LogP contribution is -2.09. The van der Waals surface area contributed by atoms with Crippen LogP contribution < -0.4 is 0 Å². The van der Waals surface area contributed by atoms with E-state index >= 15 is 0 Å². The van der Waals surface area contributed by atoms with Crippen molar-refractivity contribution in [1.82, 2.24) is 0 Å². The van der Waals surface area contributed by atoms with Crippen LogP contribution in [0.15, 0.2) is 22.8 Å². The zero-order valence-corrected chi connectivity index (χ0v) is 9.11. The van der Waals surface area contributed by atoms with Gasteiger partial charge in [-0.05, 0) is 33.3 Å². The molecule has 0 aromatic carbocycles. The van der Waals surface area contributed by atoms with Crippen molar-refractivity contribution in [2.24, 2.45) is 0 Å². The predicted molar refractivity (Wildman–Crippen MR) is 54.6 cm³/mol. The van der Waals surface area contributed by atoms with Crippen LogP contribution in [-0.2, 0) is 0 Å². The van der Waals surface area contributed by atoms with Gasteiger partial charge >= 0.3 is 0 Å². The maximum atomic E-state index is 2.49. The average molecular weight is 248 g/mol. The lowest BCUT2D eigenvalue weighted by molar-refractivity contribution is 0.981. The Morgan fingerprint density at radius 2 is 1.80 bits per heavy atom. The molecule has 0 N–H and O–H groups in total. The molecule has 0 spiro atoms. The van der Waals surface area contributed by atoms with Gasteiger partial charge in [0.05, 0.1) is 3.42 Å². The topological polar surface area (TPSA) is 0 Å². The normalized spacial score (nSPS) is 33.1. The Bertz CT molecular complexity index is 219. The molecule has 1 aliphatic rings. The minimum absolute atomic E-state index is 0.284. The number of hydrogen-bond donors (Lipinski definition) is 0. The Labute approximate surface area is 76.5 Å². The zero-order valence-electron chi connectivity index (χ0n) is 6.96. The highest BCUT2D eigenvalue weighted by Crippen LogP contribution is 2.39. The van der Waals surface area contributed by atoms with Crippen LogP contribution >= 0.6 is 22.6 Å². The van der Waals surface area contributed by atoms with E-state index in [-0.39, 0.29) is 3.42 Å². The molecule has 0 aliphatic heterocycles. The monoisotopic (exact) mass is 248 g/mol. The summed E-state index contributed by atoms with van der Waals surface area (Å²) in [6.45, 7) is 8.85. The molecule has 0 nitrogen and oxygen atoms in total. The van der Waals surface area contributed by atoms with E-state index in [1.807, 2.05) is 0 Å². The second-order valence-corrected chi connectivity index (χ2v) is 5.39. The molecule has 0 heterocycles. The van der Waals surface area contributed by atoms with Gasteiger partial charge in [0.15, 0.2) is 0 Å². The van der Waals surface area contributed by atoms with Gasteiger partial charge in [-0.1, -0.05) is 39.8 Å². The molecule has 1 unspecified atom stereocenters. The maximum Gasteiger partial charge on any atom is 0.0590 e. The van der Waals surface area contributed by atoms with Crippen molar-refractivity contribution in [2.45, 2.75) is 31.1 Å². The standard InChI is InChI=1S/C9H13I/c1-6-5-9(4,10)8(3)7(6)2/h5H,1-4H3. The Morgan fingerprint density at radius 3 is 1.90 bits per heavy atom. The van der Waals surface area contributed by atoms with Gasteiger partial charge < -0.3 is 0 Å². The third kappa shape index (κ3) is 1.16. The highest BCUT2D eigenvalue weighted by atomic mass is 127. The lowest BCUT2D eigenvalue weighted by Gasteiger charge is -2.14. The Hall–Kier alpha value is 0.210. The van der Waals surface area contributed by atoms with Crippen molar-refractivity contribution in [2.75, 3.05) is 0 Å². The van der Waals surface area contributed by atoms with E-state index in [2.05, 4.69) is 56.4 Å². The summed E-state index contributed by atoms with van der Waals surface area (Å²) in [7, 11) is 0. The van der Waals surface area contributed by atoms with Crippen molar-refractivity contribution in [3.05, 3.63) is 22.8 Å². The molecule has 0 aromatic rings. The summed E-state index contributed by atoms with van der Waals surface area (Å²) in [5, 5.41) is 0. The van der Waals surface area contributed by atoms with E-state index < -0.39 is 0 Å². The summed E-state index contributed by atoms with van der Waals surface area (Å²) in [5.74, 6) is 0. The third-order valence-corrected chi connectivity index (χ3v) is 3.50. The first-order valence-electron chi connectivity index (χ1n) is 3.52. The molecular formula is C9H13I. The minimum atomic E-state index is 0.284. The van der Waals surface area contributed by atoms with Gasteiger partial charge in [-0.25, -0.2) is 0 Å². The first kappa shape index (κ1) is 8.31. The average Bonchev–Trinajstić information content (AvgIpc) is 1.95. The van der Waals surface area contributed by atoms with Crippen LogP contribution in [0.1, 0.15) is 27.7 Å². The summed E-state index contributed by atoms with van der Waals surface area (Å²) < 4.78 is 0.284. The van der Waals surface area contributed by atoms with Crippen LogP contribution in [0.5, 0.6) is 0 Å². The number of rotatable bonds is 0. The molecule has 1 aliphatic carbocycles. The van der Waals surface area contributed by atoms with Crippen molar-refractivity contribution in [1.29, 1.82) is 0 Å². The van der Waals surface area contributed by atoms with Gasteiger partial charge in [-0.2, -0.15) is 0 Å². The van der Waals surface area contributed by atoms with Gasteiger partial charge in [0.2, 0.25) is 0 Å². The van der Waals surface area contributed by atoms with Gasteiger partial charge in [0.25, 0.3) is 0 Å². The molecule has 1 heteroatoms. The Kier molecular flexibility index (Phi) is 1.96. The number of halogens is 1. The second-order valence-electron chi connectivity index (χ2n) is 3.15. The summed E-state index contributed by atoms with van der Waals surface area (Å²) in [6, 6.07) is 0. The fraction of sp³-hybridized carbons (Fsp3) is 0.556. The minimum Gasteiger partial charge on any atom is -0.0697 e. The molecule has 56 valence electrons. The highest BCUT2D eigenvalue weighted by Gasteiger charge is 2.26. The summed E-state index contributed by atoms with van der Waals surface area (Å²) >= 11 is 2.49. The van der Waals surface area contributed by atoms with Crippen molar-refractivity contribution >= 4 is 22.6 Å². The molecule has 10 heavy (non-hydrogen) atoms. The second kappa shape index (κ2) is 2.36. The molecule has 1 atom stereocenters. The van der Waals surface area contributed by atoms with E-state index in [0.717, 1.165) is 0 Å². The largest absolute Gasteiger partial charge is 0.0697 e. The third-order valence-electron chi connectivity index (χ3n) is 2.37. The number of allylic oxidation sites excluding steroid dienone is 4. The molecule has 0 saturated carbocycles. The number of hydrogen-bond acceptors (Lipinski definition) is 0. The molecule has 1 rings (SSSR count). The van der Waals surface area contributed by atoms with Crippen molar-refractivity contribution in [3.63, 3.8) is 0 Å². The predicted octanol–water partition coefficient (Wildman–Crippen LogP) is 3.48. The van der Waals surface area contributed by atoms with Crippen molar-refractivity contribution < 1.29 is 0 Å². The van der Waals surface area contributed by atoms with Crippen LogP contribution in [0.4, 0.5) is 0 Å². The van der Waals surface area contributed by atoms with E-state index in [4.69, 9.17) is 0 Å². The molecule has 0 radical (unpaired) electrons. The molecular weight excluding hydrogens is 235 g/mol. The van der Waals surface area contributed by atoms with Crippen LogP contribution in [0, 0.1) is 0 Å². The molecule has 0 aromatic heterocycles. The Balaban J connectivity index is 3.12. The molecule has 0 bridgehead atoms. The lowest BCUT2D eigenvalue weighted by atomic mass is 10.1. The van der Waals surface area contributed by atoms with E-state index in [9.17, 15) is 0 Å². The number of alkyl halides is 1. The smallest absolute Gasteiger partial charge is 0.0590 e. The SMILES string of the molecule is CC1=CC(C)(I)C(C)=C1C. The summed E-state index contributed by atoms with van der Waals surface area (Å²) in [4.78, 5) is 0. The van der Waals surface area contributed by atoms with Crippen LogP contribution in [0.3, 0.4) is 0 Å². The first-order valence-corrected chi connectivity index (χ1v) is 4.60.